The van der Waals surface area contributed by atoms with Crippen molar-refractivity contribution >= 4 is 43.8 Å². The van der Waals surface area contributed by atoms with Gasteiger partial charge in [-0.25, -0.2) is 9.59 Å². The summed E-state index contributed by atoms with van der Waals surface area (Å²) in [5.74, 6) is -2.55. The molecule has 0 heterocycles. The van der Waals surface area contributed by atoms with Gasteiger partial charge in [0.2, 0.25) is 0 Å². The quantitative estimate of drug-likeness (QED) is 0.585. The molecule has 98 valence electrons. The maximum Gasteiger partial charge on any atom is 0.337 e. The van der Waals surface area contributed by atoms with Crippen LogP contribution in [0.3, 0.4) is 0 Å². The molecule has 8 heteroatoms. The van der Waals surface area contributed by atoms with Crippen LogP contribution in [0.4, 0.5) is 0 Å². The molecule has 0 spiro atoms. The molecular formula is C10H8Br2O6. The summed E-state index contributed by atoms with van der Waals surface area (Å²) in [5.41, 5.74) is -0.369. The number of aliphatic hydroxyl groups is 2. The molecular weight excluding hydrogens is 376 g/mol. The standard InChI is InChI=1S/C10H8Br2O6/c11-5-1-4(9(15)16)8(12)3(2-6(13)14)7(5)10(17)18/h1,6,13-14H,2H2,(H,15,16)(H,17,18). The van der Waals surface area contributed by atoms with Crippen molar-refractivity contribution in [3.63, 3.8) is 0 Å². The second kappa shape index (κ2) is 5.79. The molecule has 0 aromatic heterocycles. The van der Waals surface area contributed by atoms with E-state index in [1.165, 1.54) is 0 Å². The zero-order valence-electron chi connectivity index (χ0n) is 8.72. The SMILES string of the molecule is O=C(O)c1cc(Br)c(C(=O)O)c(CC(O)O)c1Br. The van der Waals surface area contributed by atoms with Gasteiger partial charge in [-0.3, -0.25) is 0 Å². The molecule has 0 aliphatic heterocycles. The Morgan fingerprint density at radius 3 is 2.11 bits per heavy atom. The lowest BCUT2D eigenvalue weighted by atomic mass is 10.0. The fourth-order valence-electron chi connectivity index (χ4n) is 1.44. The molecule has 0 aliphatic carbocycles. The van der Waals surface area contributed by atoms with Gasteiger partial charge in [-0.2, -0.15) is 0 Å². The van der Waals surface area contributed by atoms with Crippen LogP contribution in [0.2, 0.25) is 0 Å². The minimum absolute atomic E-state index is 0.00396. The van der Waals surface area contributed by atoms with Gasteiger partial charge < -0.3 is 20.4 Å². The third kappa shape index (κ3) is 3.08. The number of halogens is 2. The van der Waals surface area contributed by atoms with Crippen molar-refractivity contribution in [3.8, 4) is 0 Å². The molecule has 0 aliphatic rings. The normalized spacial score (nSPS) is 10.7. The van der Waals surface area contributed by atoms with Gasteiger partial charge in [0.15, 0.2) is 6.29 Å². The molecule has 0 atom stereocenters. The number of aliphatic hydroxyl groups excluding tert-OH is 1. The van der Waals surface area contributed by atoms with Gasteiger partial charge in [0.05, 0.1) is 11.1 Å². The van der Waals surface area contributed by atoms with Crippen LogP contribution in [0.1, 0.15) is 26.3 Å². The summed E-state index contributed by atoms with van der Waals surface area (Å²) < 4.78 is 0.0787. The molecule has 0 saturated heterocycles. The summed E-state index contributed by atoms with van der Waals surface area (Å²) in [4.78, 5) is 22.1. The number of carbonyl (C=O) groups is 2. The van der Waals surface area contributed by atoms with Gasteiger partial charge >= 0.3 is 11.9 Å². The zero-order valence-corrected chi connectivity index (χ0v) is 11.9. The Hall–Kier alpha value is -0.960. The van der Waals surface area contributed by atoms with Gasteiger partial charge in [0.1, 0.15) is 0 Å². The minimum Gasteiger partial charge on any atom is -0.478 e. The summed E-state index contributed by atoms with van der Waals surface area (Å²) in [5, 5.41) is 35.9. The third-order valence-electron chi connectivity index (χ3n) is 2.14. The zero-order chi connectivity index (χ0) is 14.0. The maximum absolute atomic E-state index is 11.1. The lowest BCUT2D eigenvalue weighted by Crippen LogP contribution is -2.15. The second-order valence-electron chi connectivity index (χ2n) is 3.37. The van der Waals surface area contributed by atoms with E-state index in [4.69, 9.17) is 20.4 Å². The first-order chi connectivity index (χ1) is 8.25. The number of carboxylic acids is 2. The number of hydrogen-bond donors (Lipinski definition) is 4. The first-order valence-electron chi connectivity index (χ1n) is 4.59. The molecule has 1 aromatic rings. The average Bonchev–Trinajstić information content (AvgIpc) is 2.21. The van der Waals surface area contributed by atoms with Crippen LogP contribution in [0, 0.1) is 0 Å². The van der Waals surface area contributed by atoms with E-state index in [-0.39, 0.29) is 25.6 Å². The topological polar surface area (TPSA) is 115 Å². The first kappa shape index (κ1) is 15.1. The van der Waals surface area contributed by atoms with E-state index in [2.05, 4.69) is 31.9 Å². The Labute approximate surface area is 118 Å². The maximum atomic E-state index is 11.1. The van der Waals surface area contributed by atoms with Crippen molar-refractivity contribution in [3.05, 3.63) is 31.7 Å². The van der Waals surface area contributed by atoms with Crippen molar-refractivity contribution in [2.75, 3.05) is 0 Å². The predicted molar refractivity (Wildman–Crippen MR) is 67.7 cm³/mol. The molecule has 0 fully saturated rings. The van der Waals surface area contributed by atoms with Crippen LogP contribution in [0.15, 0.2) is 15.0 Å². The number of benzene rings is 1. The molecule has 0 radical (unpaired) electrons. The van der Waals surface area contributed by atoms with Crippen molar-refractivity contribution in [1.29, 1.82) is 0 Å². The molecule has 1 aromatic carbocycles. The second-order valence-corrected chi connectivity index (χ2v) is 5.02. The van der Waals surface area contributed by atoms with Gasteiger partial charge in [0.25, 0.3) is 0 Å². The number of carboxylic acid groups (broad SMARTS) is 2. The number of hydrogen-bond acceptors (Lipinski definition) is 4. The van der Waals surface area contributed by atoms with Crippen molar-refractivity contribution in [1.82, 2.24) is 0 Å². The molecule has 1 rings (SSSR count). The van der Waals surface area contributed by atoms with Crippen LogP contribution >= 0.6 is 31.9 Å². The Bertz CT molecular complexity index is 512. The van der Waals surface area contributed by atoms with E-state index in [0.717, 1.165) is 6.07 Å². The van der Waals surface area contributed by atoms with E-state index >= 15 is 0 Å². The molecule has 0 saturated carbocycles. The summed E-state index contributed by atoms with van der Waals surface area (Å²) in [6.45, 7) is 0. The van der Waals surface area contributed by atoms with Crippen LogP contribution in [0.25, 0.3) is 0 Å². The highest BCUT2D eigenvalue weighted by Gasteiger charge is 2.24. The van der Waals surface area contributed by atoms with Gasteiger partial charge in [-0.15, -0.1) is 0 Å². The molecule has 0 amide bonds. The van der Waals surface area contributed by atoms with Gasteiger partial charge in [0, 0.05) is 15.4 Å². The van der Waals surface area contributed by atoms with Crippen LogP contribution in [-0.2, 0) is 6.42 Å². The van der Waals surface area contributed by atoms with Gasteiger partial charge in [-0.1, -0.05) is 0 Å². The Morgan fingerprint density at radius 1 is 1.17 bits per heavy atom. The molecule has 18 heavy (non-hydrogen) atoms. The molecule has 0 bridgehead atoms. The molecule has 6 nitrogen and oxygen atoms in total. The Balaban J connectivity index is 3.58. The minimum atomic E-state index is -1.78. The molecule has 4 N–H and O–H groups in total. The lowest BCUT2D eigenvalue weighted by Gasteiger charge is -2.14. The van der Waals surface area contributed by atoms with Crippen LogP contribution in [-0.4, -0.2) is 38.7 Å². The van der Waals surface area contributed by atoms with Crippen molar-refractivity contribution in [2.24, 2.45) is 0 Å². The van der Waals surface area contributed by atoms with Gasteiger partial charge in [-0.05, 0) is 43.5 Å². The van der Waals surface area contributed by atoms with E-state index < -0.39 is 24.6 Å². The van der Waals surface area contributed by atoms with E-state index in [9.17, 15) is 9.59 Å². The first-order valence-corrected chi connectivity index (χ1v) is 6.17. The monoisotopic (exact) mass is 382 g/mol. The van der Waals surface area contributed by atoms with E-state index in [0.29, 0.717) is 0 Å². The summed E-state index contributed by atoms with van der Waals surface area (Å²) in [7, 11) is 0. The average molecular weight is 384 g/mol. The smallest absolute Gasteiger partial charge is 0.337 e. The highest BCUT2D eigenvalue weighted by atomic mass is 79.9. The van der Waals surface area contributed by atoms with Crippen LogP contribution in [0.5, 0.6) is 0 Å². The van der Waals surface area contributed by atoms with E-state index in [1.807, 2.05) is 0 Å². The summed E-state index contributed by atoms with van der Waals surface area (Å²) in [6, 6.07) is 1.14. The fraction of sp³-hybridized carbons (Fsp3) is 0.200. The van der Waals surface area contributed by atoms with E-state index in [1.54, 1.807) is 0 Å². The fourth-order valence-corrected chi connectivity index (χ4v) is 2.72. The van der Waals surface area contributed by atoms with Crippen molar-refractivity contribution < 1.29 is 30.0 Å². The number of rotatable bonds is 4. The number of aromatic carboxylic acids is 2. The van der Waals surface area contributed by atoms with Crippen molar-refractivity contribution in [2.45, 2.75) is 12.7 Å². The molecule has 0 unspecified atom stereocenters. The largest absolute Gasteiger partial charge is 0.478 e. The highest BCUT2D eigenvalue weighted by molar-refractivity contribution is 9.11. The summed E-state index contributed by atoms with van der Waals surface area (Å²) >= 11 is 5.94. The van der Waals surface area contributed by atoms with Crippen LogP contribution < -0.4 is 0 Å². The Morgan fingerprint density at radius 2 is 1.72 bits per heavy atom. The third-order valence-corrected chi connectivity index (χ3v) is 3.68. The summed E-state index contributed by atoms with van der Waals surface area (Å²) in [6.07, 6.45) is -2.18. The lowest BCUT2D eigenvalue weighted by molar-refractivity contribution is -0.0384. The Kier molecular flexibility index (Phi) is 4.85. The highest BCUT2D eigenvalue weighted by Crippen LogP contribution is 2.32. The predicted octanol–water partition coefficient (Wildman–Crippen LogP) is 1.46.